The topological polar surface area (TPSA) is 55.9 Å². The van der Waals surface area contributed by atoms with Gasteiger partial charge in [-0.2, -0.15) is 5.10 Å². The van der Waals surface area contributed by atoms with E-state index in [4.69, 9.17) is 5.84 Å². The molecule has 4 nitrogen and oxygen atoms in total. The molecule has 2 unspecified atom stereocenters. The van der Waals surface area contributed by atoms with Gasteiger partial charge in [-0.1, -0.05) is 32.0 Å². The lowest BCUT2D eigenvalue weighted by molar-refractivity contribution is 0.406. The van der Waals surface area contributed by atoms with E-state index in [-0.39, 0.29) is 0 Å². The number of hydrazine groups is 1. The van der Waals surface area contributed by atoms with Crippen LogP contribution < -0.4 is 11.3 Å². The second-order valence-electron chi connectivity index (χ2n) is 6.36. The molecule has 2 atom stereocenters. The van der Waals surface area contributed by atoms with E-state index in [1.165, 1.54) is 17.3 Å². The summed E-state index contributed by atoms with van der Waals surface area (Å²) in [6.07, 6.45) is 2.14. The Bertz CT molecular complexity index is 599. The summed E-state index contributed by atoms with van der Waals surface area (Å²) < 4.78 is 1.95. The second-order valence-corrected chi connectivity index (χ2v) is 6.36. The summed E-state index contributed by atoms with van der Waals surface area (Å²) >= 11 is 0. The molecule has 3 N–H and O–H groups in total. The fourth-order valence-electron chi connectivity index (χ4n) is 3.16. The number of hydrogen-bond donors (Lipinski definition) is 2. The summed E-state index contributed by atoms with van der Waals surface area (Å²) in [4.78, 5) is 0. The normalized spacial score (nSPS) is 22.6. The van der Waals surface area contributed by atoms with Gasteiger partial charge in [0, 0.05) is 24.9 Å². The number of nitrogens with zero attached hydrogens (tertiary/aromatic N) is 2. The summed E-state index contributed by atoms with van der Waals surface area (Å²) in [7, 11) is 2.00. The summed E-state index contributed by atoms with van der Waals surface area (Å²) in [5, 5.41) is 5.90. The van der Waals surface area contributed by atoms with E-state index >= 15 is 0 Å². The lowest BCUT2D eigenvalue weighted by Gasteiger charge is -2.16. The van der Waals surface area contributed by atoms with E-state index < -0.39 is 0 Å². The van der Waals surface area contributed by atoms with Crippen molar-refractivity contribution >= 4 is 10.9 Å². The number of aryl methyl sites for hydroxylation is 1. The van der Waals surface area contributed by atoms with Gasteiger partial charge >= 0.3 is 0 Å². The SMILES string of the molecule is Cn1nc(CC(NN)C2CC2(C)C)c2ccccc21. The molecule has 4 heteroatoms. The van der Waals surface area contributed by atoms with Crippen LogP contribution >= 0.6 is 0 Å². The average molecular weight is 258 g/mol. The highest BCUT2D eigenvalue weighted by molar-refractivity contribution is 5.81. The molecule has 1 heterocycles. The summed E-state index contributed by atoms with van der Waals surface area (Å²) in [5.74, 6) is 6.40. The fraction of sp³-hybridized carbons (Fsp3) is 0.533. The number of rotatable bonds is 4. The lowest BCUT2D eigenvalue weighted by Crippen LogP contribution is -2.39. The van der Waals surface area contributed by atoms with Crippen LogP contribution in [0.4, 0.5) is 0 Å². The molecule has 0 aliphatic heterocycles. The first-order valence-corrected chi connectivity index (χ1v) is 6.89. The van der Waals surface area contributed by atoms with Gasteiger partial charge in [-0.05, 0) is 23.8 Å². The molecule has 1 aromatic carbocycles. The Morgan fingerprint density at radius 1 is 1.47 bits per heavy atom. The molecular weight excluding hydrogens is 236 g/mol. The number of para-hydroxylation sites is 1. The molecule has 0 radical (unpaired) electrons. The molecule has 0 saturated heterocycles. The Hall–Kier alpha value is -1.39. The minimum atomic E-state index is 0.313. The van der Waals surface area contributed by atoms with Crippen LogP contribution in [-0.2, 0) is 13.5 Å². The Kier molecular flexibility index (Phi) is 2.87. The zero-order valence-corrected chi connectivity index (χ0v) is 11.9. The molecule has 1 fully saturated rings. The van der Waals surface area contributed by atoms with Gasteiger partial charge in [0.1, 0.15) is 0 Å². The zero-order chi connectivity index (χ0) is 13.6. The highest BCUT2D eigenvalue weighted by Crippen LogP contribution is 2.53. The molecule has 3 rings (SSSR count). The highest BCUT2D eigenvalue weighted by atomic mass is 15.3. The minimum absolute atomic E-state index is 0.313. The molecule has 0 spiro atoms. The predicted octanol–water partition coefficient (Wildman–Crippen LogP) is 1.99. The van der Waals surface area contributed by atoms with Crippen molar-refractivity contribution in [1.29, 1.82) is 0 Å². The second kappa shape index (κ2) is 4.32. The van der Waals surface area contributed by atoms with E-state index in [2.05, 4.69) is 48.6 Å². The molecule has 2 aromatic rings. The minimum Gasteiger partial charge on any atom is -0.271 e. The van der Waals surface area contributed by atoms with Crippen LogP contribution in [0.25, 0.3) is 10.9 Å². The predicted molar refractivity (Wildman–Crippen MR) is 77.4 cm³/mol. The van der Waals surface area contributed by atoms with Crippen LogP contribution in [0.5, 0.6) is 0 Å². The number of nitrogens with one attached hydrogen (secondary N) is 1. The highest BCUT2D eigenvalue weighted by Gasteiger charge is 2.49. The van der Waals surface area contributed by atoms with Crippen molar-refractivity contribution in [3.05, 3.63) is 30.0 Å². The van der Waals surface area contributed by atoms with Gasteiger partial charge in [0.25, 0.3) is 0 Å². The van der Waals surface area contributed by atoms with Crippen molar-refractivity contribution in [3.63, 3.8) is 0 Å². The molecule has 1 aliphatic carbocycles. The number of aromatic nitrogens is 2. The molecular formula is C15H22N4. The monoisotopic (exact) mass is 258 g/mol. The molecule has 19 heavy (non-hydrogen) atoms. The molecule has 1 saturated carbocycles. The van der Waals surface area contributed by atoms with Gasteiger partial charge < -0.3 is 0 Å². The maximum atomic E-state index is 5.75. The van der Waals surface area contributed by atoms with Crippen LogP contribution in [0, 0.1) is 11.3 Å². The summed E-state index contributed by atoms with van der Waals surface area (Å²) in [6, 6.07) is 8.69. The van der Waals surface area contributed by atoms with Crippen molar-refractivity contribution in [3.8, 4) is 0 Å². The van der Waals surface area contributed by atoms with Crippen LogP contribution in [0.1, 0.15) is 26.0 Å². The van der Waals surface area contributed by atoms with Gasteiger partial charge in [0.05, 0.1) is 11.2 Å². The Balaban J connectivity index is 1.89. The number of hydrogen-bond acceptors (Lipinski definition) is 3. The van der Waals surface area contributed by atoms with Crippen molar-refractivity contribution in [1.82, 2.24) is 15.2 Å². The molecule has 1 aliphatic rings. The summed E-state index contributed by atoms with van der Waals surface area (Å²) in [5.41, 5.74) is 5.74. The quantitative estimate of drug-likeness (QED) is 0.651. The number of nitrogens with two attached hydrogens (primary N) is 1. The fourth-order valence-corrected chi connectivity index (χ4v) is 3.16. The van der Waals surface area contributed by atoms with Gasteiger partial charge in [-0.25, -0.2) is 0 Å². The molecule has 1 aromatic heterocycles. The summed E-state index contributed by atoms with van der Waals surface area (Å²) in [6.45, 7) is 4.61. The largest absolute Gasteiger partial charge is 0.271 e. The van der Waals surface area contributed by atoms with Crippen molar-refractivity contribution in [2.24, 2.45) is 24.2 Å². The van der Waals surface area contributed by atoms with Gasteiger partial charge in [0.15, 0.2) is 0 Å². The number of fused-ring (bicyclic) bond motifs is 1. The van der Waals surface area contributed by atoms with E-state index in [1.54, 1.807) is 0 Å². The molecule has 102 valence electrons. The average Bonchev–Trinajstić information content (AvgIpc) is 2.90. The van der Waals surface area contributed by atoms with E-state index in [1.807, 2.05) is 11.7 Å². The van der Waals surface area contributed by atoms with Crippen LogP contribution in [0.2, 0.25) is 0 Å². The van der Waals surface area contributed by atoms with Gasteiger partial charge in [-0.3, -0.25) is 16.0 Å². The lowest BCUT2D eigenvalue weighted by atomic mass is 9.99. The van der Waals surface area contributed by atoms with E-state index in [0.717, 1.165) is 12.1 Å². The molecule has 0 amide bonds. The zero-order valence-electron chi connectivity index (χ0n) is 11.9. The third-order valence-corrected chi connectivity index (χ3v) is 4.54. The van der Waals surface area contributed by atoms with Crippen molar-refractivity contribution in [2.45, 2.75) is 32.7 Å². The first-order valence-electron chi connectivity index (χ1n) is 6.89. The standard InChI is InChI=1S/C15H22N4/c1-15(2)9-11(15)13(17-16)8-12-10-6-4-5-7-14(10)19(3)18-12/h4-7,11,13,17H,8-9,16H2,1-3H3. The van der Waals surface area contributed by atoms with Gasteiger partial charge in [0.2, 0.25) is 0 Å². The van der Waals surface area contributed by atoms with Crippen LogP contribution in [0.3, 0.4) is 0 Å². The van der Waals surface area contributed by atoms with E-state index in [9.17, 15) is 0 Å². The smallest absolute Gasteiger partial charge is 0.0719 e. The third-order valence-electron chi connectivity index (χ3n) is 4.54. The Labute approximate surface area is 113 Å². The first kappa shape index (κ1) is 12.6. The van der Waals surface area contributed by atoms with E-state index in [0.29, 0.717) is 17.4 Å². The first-order chi connectivity index (χ1) is 9.03. The van der Waals surface area contributed by atoms with Crippen molar-refractivity contribution < 1.29 is 0 Å². The van der Waals surface area contributed by atoms with Crippen LogP contribution in [0.15, 0.2) is 24.3 Å². The third kappa shape index (κ3) is 2.15. The van der Waals surface area contributed by atoms with Crippen LogP contribution in [-0.4, -0.2) is 15.8 Å². The van der Waals surface area contributed by atoms with Crippen molar-refractivity contribution in [2.75, 3.05) is 0 Å². The Morgan fingerprint density at radius 3 is 2.79 bits per heavy atom. The maximum Gasteiger partial charge on any atom is 0.0719 e. The maximum absolute atomic E-state index is 5.75. The molecule has 0 bridgehead atoms. The van der Waals surface area contributed by atoms with Gasteiger partial charge in [-0.15, -0.1) is 0 Å². The number of benzene rings is 1. The Morgan fingerprint density at radius 2 is 2.16 bits per heavy atom.